The van der Waals surface area contributed by atoms with Gasteiger partial charge in [0.25, 0.3) is 11.8 Å². The van der Waals surface area contributed by atoms with E-state index in [0.717, 1.165) is 10.9 Å². The highest BCUT2D eigenvalue weighted by Gasteiger charge is 2.15. The topological polar surface area (TPSA) is 102 Å². The fraction of sp³-hybridized carbons (Fsp3) is 0.0526. The van der Waals surface area contributed by atoms with E-state index in [2.05, 4.69) is 21.0 Å². The number of amides is 2. The van der Waals surface area contributed by atoms with Gasteiger partial charge in [0, 0.05) is 35.3 Å². The summed E-state index contributed by atoms with van der Waals surface area (Å²) in [6.07, 6.45) is 2.96. The predicted molar refractivity (Wildman–Crippen MR) is 97.6 cm³/mol. The Morgan fingerprint density at radius 2 is 1.74 bits per heavy atom. The van der Waals surface area contributed by atoms with Crippen LogP contribution in [0.1, 0.15) is 20.7 Å². The van der Waals surface area contributed by atoms with Crippen molar-refractivity contribution in [3.8, 4) is 11.5 Å². The maximum atomic E-state index is 12.5. The Morgan fingerprint density at radius 3 is 2.48 bits per heavy atom. The van der Waals surface area contributed by atoms with Crippen LogP contribution in [0.3, 0.4) is 0 Å². The van der Waals surface area contributed by atoms with Gasteiger partial charge >= 0.3 is 0 Å². The van der Waals surface area contributed by atoms with Crippen LogP contribution in [-0.4, -0.2) is 26.6 Å². The van der Waals surface area contributed by atoms with Crippen molar-refractivity contribution >= 4 is 22.7 Å². The molecule has 134 valence electrons. The number of carbonyl (C=O) groups is 2. The fourth-order valence-corrected chi connectivity index (χ4v) is 2.84. The number of nitrogens with zero attached hydrogens (tertiary/aromatic N) is 3. The Kier molecular flexibility index (Phi) is 4.13. The molecule has 8 heteroatoms. The van der Waals surface area contributed by atoms with Crippen LogP contribution < -0.4 is 10.9 Å². The molecule has 0 aliphatic rings. The van der Waals surface area contributed by atoms with Gasteiger partial charge in [-0.3, -0.25) is 20.4 Å². The number of hydrogen-bond acceptors (Lipinski definition) is 5. The van der Waals surface area contributed by atoms with E-state index < -0.39 is 5.91 Å². The van der Waals surface area contributed by atoms with Gasteiger partial charge in [0.1, 0.15) is 0 Å². The first-order chi connectivity index (χ1) is 13.1. The van der Waals surface area contributed by atoms with Crippen LogP contribution >= 0.6 is 0 Å². The van der Waals surface area contributed by atoms with Gasteiger partial charge in [0.2, 0.25) is 12.3 Å². The van der Waals surface area contributed by atoms with Gasteiger partial charge in [-0.2, -0.15) is 0 Å². The molecule has 2 aromatic heterocycles. The van der Waals surface area contributed by atoms with Crippen LogP contribution in [0, 0.1) is 0 Å². The van der Waals surface area contributed by atoms with Crippen LogP contribution in [0.5, 0.6) is 0 Å². The van der Waals surface area contributed by atoms with E-state index in [1.807, 2.05) is 35.9 Å². The van der Waals surface area contributed by atoms with Crippen molar-refractivity contribution in [1.82, 2.24) is 25.6 Å². The number of rotatable bonds is 3. The predicted octanol–water partition coefficient (Wildman–Crippen LogP) is 2.30. The molecule has 2 heterocycles. The van der Waals surface area contributed by atoms with Crippen molar-refractivity contribution in [2.45, 2.75) is 0 Å². The van der Waals surface area contributed by atoms with Crippen LogP contribution in [0.4, 0.5) is 0 Å². The number of hydrogen-bond donors (Lipinski definition) is 2. The molecule has 0 fully saturated rings. The molecule has 0 saturated carbocycles. The molecule has 4 aromatic rings. The zero-order valence-electron chi connectivity index (χ0n) is 14.3. The van der Waals surface area contributed by atoms with Crippen LogP contribution in [0.25, 0.3) is 22.4 Å². The lowest BCUT2D eigenvalue weighted by Gasteiger charge is -2.07. The number of aromatic nitrogens is 3. The molecular weight excluding hydrogens is 346 g/mol. The number of para-hydroxylation sites is 1. The molecule has 2 aromatic carbocycles. The van der Waals surface area contributed by atoms with E-state index in [4.69, 9.17) is 4.42 Å². The SMILES string of the molecule is Cn1cc(C(=O)NNC(=O)c2ccc(-c3nnco3)cc2)c2ccccc21. The Morgan fingerprint density at radius 1 is 1.00 bits per heavy atom. The molecule has 2 amide bonds. The molecule has 0 atom stereocenters. The van der Waals surface area contributed by atoms with E-state index in [0.29, 0.717) is 22.6 Å². The zero-order chi connectivity index (χ0) is 18.8. The molecule has 27 heavy (non-hydrogen) atoms. The number of nitrogens with one attached hydrogen (secondary N) is 2. The highest BCUT2D eigenvalue weighted by Crippen LogP contribution is 2.20. The van der Waals surface area contributed by atoms with E-state index >= 15 is 0 Å². The average molecular weight is 361 g/mol. The quantitative estimate of drug-likeness (QED) is 0.545. The Balaban J connectivity index is 1.45. The molecule has 8 nitrogen and oxygen atoms in total. The van der Waals surface area contributed by atoms with Crippen LogP contribution in [0.2, 0.25) is 0 Å². The van der Waals surface area contributed by atoms with Crippen molar-refractivity contribution in [3.05, 3.63) is 72.2 Å². The first kappa shape index (κ1) is 16.5. The van der Waals surface area contributed by atoms with Crippen molar-refractivity contribution in [3.63, 3.8) is 0 Å². The van der Waals surface area contributed by atoms with Crippen molar-refractivity contribution in [2.24, 2.45) is 7.05 Å². The minimum Gasteiger partial charge on any atom is -0.423 e. The monoisotopic (exact) mass is 361 g/mol. The molecule has 0 aliphatic heterocycles. The summed E-state index contributed by atoms with van der Waals surface area (Å²) in [5.41, 5.74) is 7.38. The number of fused-ring (bicyclic) bond motifs is 1. The van der Waals surface area contributed by atoms with Gasteiger partial charge in [0.05, 0.1) is 5.56 Å². The number of aryl methyl sites for hydroxylation is 1. The first-order valence-corrected chi connectivity index (χ1v) is 8.15. The highest BCUT2D eigenvalue weighted by molar-refractivity contribution is 6.08. The van der Waals surface area contributed by atoms with Crippen molar-refractivity contribution in [2.75, 3.05) is 0 Å². The summed E-state index contributed by atoms with van der Waals surface area (Å²) in [7, 11) is 1.86. The van der Waals surface area contributed by atoms with E-state index in [-0.39, 0.29) is 5.91 Å². The van der Waals surface area contributed by atoms with E-state index in [9.17, 15) is 9.59 Å². The fourth-order valence-electron chi connectivity index (χ4n) is 2.84. The number of benzene rings is 2. The molecule has 0 bridgehead atoms. The summed E-state index contributed by atoms with van der Waals surface area (Å²) in [6.45, 7) is 0. The second-order valence-electron chi connectivity index (χ2n) is 5.90. The minimum absolute atomic E-state index is 0.367. The Labute approximate surface area is 153 Å². The second kappa shape index (κ2) is 6.75. The Hall–Kier alpha value is -3.94. The first-order valence-electron chi connectivity index (χ1n) is 8.15. The van der Waals surface area contributed by atoms with Crippen molar-refractivity contribution in [1.29, 1.82) is 0 Å². The number of carbonyl (C=O) groups excluding carboxylic acids is 2. The summed E-state index contributed by atoms with van der Waals surface area (Å²) < 4.78 is 6.97. The second-order valence-corrected chi connectivity index (χ2v) is 5.90. The third kappa shape index (κ3) is 3.15. The lowest BCUT2D eigenvalue weighted by molar-refractivity contribution is 0.0847. The number of hydrazine groups is 1. The van der Waals surface area contributed by atoms with Gasteiger partial charge < -0.3 is 8.98 Å². The average Bonchev–Trinajstić information content (AvgIpc) is 3.35. The van der Waals surface area contributed by atoms with Crippen LogP contribution in [0.15, 0.2) is 65.5 Å². The van der Waals surface area contributed by atoms with Gasteiger partial charge in [-0.15, -0.1) is 10.2 Å². The highest BCUT2D eigenvalue weighted by atomic mass is 16.4. The summed E-state index contributed by atoms with van der Waals surface area (Å²) in [4.78, 5) is 24.7. The van der Waals surface area contributed by atoms with Gasteiger partial charge in [-0.25, -0.2) is 0 Å². The van der Waals surface area contributed by atoms with E-state index in [1.165, 1.54) is 6.39 Å². The maximum Gasteiger partial charge on any atom is 0.271 e. The summed E-state index contributed by atoms with van der Waals surface area (Å²) >= 11 is 0. The largest absolute Gasteiger partial charge is 0.423 e. The summed E-state index contributed by atoms with van der Waals surface area (Å²) in [5, 5.41) is 8.23. The smallest absolute Gasteiger partial charge is 0.271 e. The third-order valence-corrected chi connectivity index (χ3v) is 4.19. The molecule has 4 rings (SSSR count). The summed E-state index contributed by atoms with van der Waals surface area (Å²) in [5.74, 6) is -0.450. The molecule has 0 spiro atoms. The standard InChI is InChI=1S/C19H15N5O3/c1-24-10-15(14-4-2-3-5-16(14)24)18(26)22-21-17(25)12-6-8-13(9-7-12)19-23-20-11-27-19/h2-11H,1H3,(H,21,25)(H,22,26). The van der Waals surface area contributed by atoms with Crippen LogP contribution in [-0.2, 0) is 7.05 Å². The molecule has 0 radical (unpaired) electrons. The lowest BCUT2D eigenvalue weighted by atomic mass is 10.1. The third-order valence-electron chi connectivity index (χ3n) is 4.19. The molecular formula is C19H15N5O3. The van der Waals surface area contributed by atoms with E-state index in [1.54, 1.807) is 30.5 Å². The normalized spacial score (nSPS) is 10.7. The Bertz CT molecular complexity index is 1110. The van der Waals surface area contributed by atoms with Gasteiger partial charge in [-0.1, -0.05) is 18.2 Å². The minimum atomic E-state index is -0.430. The molecule has 0 saturated heterocycles. The molecule has 0 aliphatic carbocycles. The lowest BCUT2D eigenvalue weighted by Crippen LogP contribution is -2.41. The zero-order valence-corrected chi connectivity index (χ0v) is 14.3. The molecule has 2 N–H and O–H groups in total. The van der Waals surface area contributed by atoms with Crippen molar-refractivity contribution < 1.29 is 14.0 Å². The maximum absolute atomic E-state index is 12.5. The van der Waals surface area contributed by atoms with Gasteiger partial charge in [0.15, 0.2) is 0 Å². The summed E-state index contributed by atoms with van der Waals surface area (Å²) in [6, 6.07) is 14.2. The molecule has 0 unspecified atom stereocenters. The van der Waals surface area contributed by atoms with Gasteiger partial charge in [-0.05, 0) is 30.3 Å².